The fraction of sp³-hybridized carbons (Fsp3) is 0.438. The molecule has 1 heterocycles. The van der Waals surface area contributed by atoms with Gasteiger partial charge in [0.25, 0.3) is 0 Å². The molecule has 2 N–H and O–H groups in total. The highest BCUT2D eigenvalue weighted by Crippen LogP contribution is 2.44. The molecule has 0 bridgehead atoms. The summed E-state index contributed by atoms with van der Waals surface area (Å²) in [6.45, 7) is 6.39. The fourth-order valence-corrected chi connectivity index (χ4v) is 4.15. The van der Waals surface area contributed by atoms with Gasteiger partial charge in [0.05, 0.1) is 5.69 Å². The quantitative estimate of drug-likeness (QED) is 0.853. The predicted octanol–water partition coefficient (Wildman–Crippen LogP) is 4.23. The van der Waals surface area contributed by atoms with Crippen molar-refractivity contribution < 1.29 is 4.39 Å². The minimum absolute atomic E-state index is 0.0701. The molecule has 0 aliphatic heterocycles. The lowest BCUT2D eigenvalue weighted by Crippen LogP contribution is -2.28. The average molecular weight is 290 g/mol. The van der Waals surface area contributed by atoms with Crippen LogP contribution in [0, 0.1) is 18.2 Å². The van der Waals surface area contributed by atoms with Gasteiger partial charge < -0.3 is 5.73 Å². The molecule has 2 nitrogen and oxygen atoms in total. The topological polar surface area (TPSA) is 38.9 Å². The highest BCUT2D eigenvalue weighted by Gasteiger charge is 2.33. The molecule has 3 rings (SSSR count). The minimum Gasteiger partial charge on any atom is -0.323 e. The second kappa shape index (κ2) is 4.64. The molecule has 4 heteroatoms. The van der Waals surface area contributed by atoms with Crippen molar-refractivity contribution in [2.45, 2.75) is 39.7 Å². The zero-order chi connectivity index (χ0) is 14.5. The van der Waals surface area contributed by atoms with E-state index < -0.39 is 0 Å². The second-order valence-electron chi connectivity index (χ2n) is 6.44. The number of aryl methyl sites for hydroxylation is 1. The molecule has 0 saturated carbocycles. The van der Waals surface area contributed by atoms with Crippen LogP contribution in [0.3, 0.4) is 0 Å². The molecule has 1 aromatic carbocycles. The first kappa shape index (κ1) is 13.7. The Kier molecular flexibility index (Phi) is 3.18. The fourth-order valence-electron chi connectivity index (χ4n) is 2.98. The number of nitrogens with zero attached hydrogens (tertiary/aromatic N) is 1. The summed E-state index contributed by atoms with van der Waals surface area (Å²) in [6.07, 6.45) is 1.96. The van der Waals surface area contributed by atoms with Crippen molar-refractivity contribution in [2.24, 2.45) is 11.1 Å². The molecule has 0 spiro atoms. The number of halogens is 1. The maximum atomic E-state index is 13.2. The molecule has 106 valence electrons. The Bertz CT molecular complexity index is 660. The number of aromatic nitrogens is 1. The third-order valence-corrected chi connectivity index (χ3v) is 5.16. The number of hydrogen-bond acceptors (Lipinski definition) is 3. The first-order chi connectivity index (χ1) is 9.35. The maximum Gasteiger partial charge on any atom is 0.124 e. The zero-order valence-corrected chi connectivity index (χ0v) is 12.9. The van der Waals surface area contributed by atoms with Crippen LogP contribution in [0.15, 0.2) is 18.2 Å². The van der Waals surface area contributed by atoms with Crippen molar-refractivity contribution in [1.82, 2.24) is 4.98 Å². The van der Waals surface area contributed by atoms with Gasteiger partial charge in [-0.15, -0.1) is 11.3 Å². The van der Waals surface area contributed by atoms with E-state index in [-0.39, 0.29) is 17.3 Å². The van der Waals surface area contributed by atoms with Crippen LogP contribution >= 0.6 is 11.3 Å². The van der Waals surface area contributed by atoms with Crippen LogP contribution in [0.25, 0.3) is 10.6 Å². The summed E-state index contributed by atoms with van der Waals surface area (Å²) in [5.74, 6) is -0.203. The van der Waals surface area contributed by atoms with E-state index in [0.717, 1.165) is 34.7 Å². The van der Waals surface area contributed by atoms with E-state index in [4.69, 9.17) is 10.7 Å². The van der Waals surface area contributed by atoms with Gasteiger partial charge in [0.1, 0.15) is 10.8 Å². The molecule has 1 aromatic heterocycles. The van der Waals surface area contributed by atoms with E-state index in [1.54, 1.807) is 17.4 Å². The lowest BCUT2D eigenvalue weighted by molar-refractivity contribution is 0.282. The van der Waals surface area contributed by atoms with Crippen molar-refractivity contribution in [2.75, 3.05) is 0 Å². The summed E-state index contributed by atoms with van der Waals surface area (Å²) in [4.78, 5) is 5.97. The van der Waals surface area contributed by atoms with Crippen molar-refractivity contribution in [3.8, 4) is 10.6 Å². The minimum atomic E-state index is -0.203. The first-order valence-corrected chi connectivity index (χ1v) is 7.69. The molecule has 1 aliphatic carbocycles. The Hall–Kier alpha value is -1.26. The van der Waals surface area contributed by atoms with E-state index in [2.05, 4.69) is 13.8 Å². The van der Waals surface area contributed by atoms with Crippen molar-refractivity contribution >= 4 is 11.3 Å². The Morgan fingerprint density at radius 3 is 2.85 bits per heavy atom. The van der Waals surface area contributed by atoms with Gasteiger partial charge in [0.2, 0.25) is 0 Å². The largest absolute Gasteiger partial charge is 0.323 e. The van der Waals surface area contributed by atoms with Crippen LogP contribution in [0.4, 0.5) is 4.39 Å². The summed E-state index contributed by atoms with van der Waals surface area (Å²) in [5.41, 5.74) is 9.54. The van der Waals surface area contributed by atoms with Crippen LogP contribution in [-0.4, -0.2) is 4.98 Å². The smallest absolute Gasteiger partial charge is 0.124 e. The molecule has 1 atom stereocenters. The molecule has 0 saturated heterocycles. The average Bonchev–Trinajstić information content (AvgIpc) is 2.70. The summed E-state index contributed by atoms with van der Waals surface area (Å²) >= 11 is 1.66. The molecule has 20 heavy (non-hydrogen) atoms. The second-order valence-corrected chi connectivity index (χ2v) is 7.47. The molecule has 0 amide bonds. The van der Waals surface area contributed by atoms with Crippen molar-refractivity contribution in [3.05, 3.63) is 40.2 Å². The molecular weight excluding hydrogens is 271 g/mol. The van der Waals surface area contributed by atoms with Crippen LogP contribution in [0.1, 0.15) is 42.4 Å². The number of benzene rings is 1. The van der Waals surface area contributed by atoms with E-state index in [1.165, 1.54) is 10.9 Å². The highest BCUT2D eigenvalue weighted by atomic mass is 32.1. The van der Waals surface area contributed by atoms with Gasteiger partial charge in [-0.2, -0.15) is 0 Å². The number of rotatable bonds is 1. The van der Waals surface area contributed by atoms with Gasteiger partial charge in [-0.3, -0.25) is 0 Å². The van der Waals surface area contributed by atoms with Crippen molar-refractivity contribution in [1.29, 1.82) is 0 Å². The van der Waals surface area contributed by atoms with Crippen LogP contribution in [0.5, 0.6) is 0 Å². The van der Waals surface area contributed by atoms with E-state index in [0.29, 0.717) is 0 Å². The highest BCUT2D eigenvalue weighted by molar-refractivity contribution is 7.15. The SMILES string of the molecule is Cc1cc(F)ccc1-c1nc2c(s1)C(N)CC(C)(C)C2. The lowest BCUT2D eigenvalue weighted by Gasteiger charge is -2.32. The Balaban J connectivity index is 2.06. The van der Waals surface area contributed by atoms with E-state index >= 15 is 0 Å². The first-order valence-electron chi connectivity index (χ1n) is 6.87. The van der Waals surface area contributed by atoms with Gasteiger partial charge in [-0.05, 0) is 48.9 Å². The molecular formula is C16H19FN2S. The van der Waals surface area contributed by atoms with Gasteiger partial charge >= 0.3 is 0 Å². The summed E-state index contributed by atoms with van der Waals surface area (Å²) in [6, 6.07) is 4.93. The Morgan fingerprint density at radius 1 is 1.40 bits per heavy atom. The van der Waals surface area contributed by atoms with Crippen molar-refractivity contribution in [3.63, 3.8) is 0 Å². The summed E-state index contributed by atoms with van der Waals surface area (Å²) < 4.78 is 13.2. The van der Waals surface area contributed by atoms with Gasteiger partial charge in [0, 0.05) is 16.5 Å². The zero-order valence-electron chi connectivity index (χ0n) is 12.0. The Morgan fingerprint density at radius 2 is 2.15 bits per heavy atom. The van der Waals surface area contributed by atoms with Crippen LogP contribution < -0.4 is 5.73 Å². The molecule has 0 fully saturated rings. The molecule has 2 aromatic rings. The number of thiazole rings is 1. The number of nitrogens with two attached hydrogens (primary N) is 1. The third kappa shape index (κ3) is 2.38. The normalized spacial score (nSPS) is 20.8. The summed E-state index contributed by atoms with van der Waals surface area (Å²) in [5, 5.41) is 0.959. The van der Waals surface area contributed by atoms with Gasteiger partial charge in [-0.1, -0.05) is 13.8 Å². The van der Waals surface area contributed by atoms with Crippen LogP contribution in [-0.2, 0) is 6.42 Å². The third-order valence-electron chi connectivity index (χ3n) is 3.90. The van der Waals surface area contributed by atoms with E-state index in [1.807, 2.05) is 13.0 Å². The van der Waals surface area contributed by atoms with Gasteiger partial charge in [-0.25, -0.2) is 9.37 Å². The molecule has 1 aliphatic rings. The van der Waals surface area contributed by atoms with Gasteiger partial charge in [0.15, 0.2) is 0 Å². The van der Waals surface area contributed by atoms with E-state index in [9.17, 15) is 4.39 Å². The maximum absolute atomic E-state index is 13.2. The standard InChI is InChI=1S/C16H19FN2S/c1-9-6-10(17)4-5-11(9)15-19-13-8-16(2,3)7-12(18)14(13)20-15/h4-6,12H,7-8,18H2,1-3H3. The summed E-state index contributed by atoms with van der Waals surface area (Å²) in [7, 11) is 0. The lowest BCUT2D eigenvalue weighted by atomic mass is 9.77. The Labute approximate surface area is 122 Å². The number of hydrogen-bond donors (Lipinski definition) is 1. The monoisotopic (exact) mass is 290 g/mol. The predicted molar refractivity (Wildman–Crippen MR) is 81.3 cm³/mol. The molecule has 0 radical (unpaired) electrons. The number of fused-ring (bicyclic) bond motifs is 1. The molecule has 1 unspecified atom stereocenters. The van der Waals surface area contributed by atoms with Crippen LogP contribution in [0.2, 0.25) is 0 Å².